The van der Waals surface area contributed by atoms with Crippen molar-refractivity contribution in [2.45, 2.75) is 69.0 Å². The first-order chi connectivity index (χ1) is 22.9. The van der Waals surface area contributed by atoms with Gasteiger partial charge in [-0.1, -0.05) is 34.7 Å². The number of carbonyl (C=O) groups is 1. The maximum atomic E-state index is 15.1. The Bertz CT molecular complexity index is 2030. The normalized spacial score (nSPS) is 25.0. The molecule has 2 saturated heterocycles. The number of rotatable bonds is 10. The van der Waals surface area contributed by atoms with Crippen LogP contribution in [0, 0.1) is 17.7 Å². The maximum absolute atomic E-state index is 15.1. The summed E-state index contributed by atoms with van der Waals surface area (Å²) in [4.78, 5) is 19.4. The Labute approximate surface area is 276 Å². The number of benzene rings is 2. The van der Waals surface area contributed by atoms with Crippen molar-refractivity contribution in [3.8, 4) is 11.3 Å². The molecule has 2 bridgehead atoms. The lowest BCUT2D eigenvalue weighted by Crippen LogP contribution is -2.41. The van der Waals surface area contributed by atoms with Gasteiger partial charge in [-0.25, -0.2) is 9.37 Å². The largest absolute Gasteiger partial charge is 0.417 e. The molecule has 2 aromatic carbocycles. The highest BCUT2D eigenvalue weighted by Crippen LogP contribution is 2.59. The van der Waals surface area contributed by atoms with Crippen LogP contribution in [0.5, 0.6) is 0 Å². The third-order valence-electron chi connectivity index (χ3n) is 9.93. The minimum absolute atomic E-state index is 0.0133. The van der Waals surface area contributed by atoms with Crippen LogP contribution in [0.1, 0.15) is 65.3 Å². The lowest BCUT2D eigenvalue weighted by atomic mass is 9.99. The van der Waals surface area contributed by atoms with Gasteiger partial charge in [-0.3, -0.25) is 9.35 Å². The zero-order valence-corrected chi connectivity index (χ0v) is 26.9. The number of piperidine rings is 1. The summed E-state index contributed by atoms with van der Waals surface area (Å²) >= 11 is 1.28. The number of halogens is 4. The third kappa shape index (κ3) is 5.75. The van der Waals surface area contributed by atoms with Crippen molar-refractivity contribution in [2.75, 3.05) is 17.2 Å². The molecule has 0 radical (unpaired) electrons. The molecule has 5 atom stereocenters. The highest BCUT2D eigenvalue weighted by Gasteiger charge is 2.63. The van der Waals surface area contributed by atoms with E-state index in [4.69, 9.17) is 13.8 Å². The SMILES string of the molecule is O=C(NCCS(=O)(=O)O)c1cc(F)c2nc(N3C4CCC3C3C(C4)[C@@H]3OCc3c(-c4ccccc4C(F)(F)F)noc3C3CC3)sc2c1. The molecule has 4 unspecified atom stereocenters. The van der Waals surface area contributed by atoms with E-state index in [0.29, 0.717) is 21.2 Å². The second-order valence-corrected chi connectivity index (χ2v) is 15.6. The fourth-order valence-corrected chi connectivity index (χ4v) is 9.11. The minimum Gasteiger partial charge on any atom is -0.373 e. The van der Waals surface area contributed by atoms with Crippen LogP contribution in [-0.4, -0.2) is 59.5 Å². The molecule has 8 rings (SSSR count). The fraction of sp³-hybridized carbons (Fsp3) is 0.469. The number of ether oxygens (including phenoxy) is 1. The molecule has 16 heteroatoms. The predicted molar refractivity (Wildman–Crippen MR) is 167 cm³/mol. The Balaban J connectivity index is 1.000. The zero-order valence-electron chi connectivity index (χ0n) is 25.2. The highest BCUT2D eigenvalue weighted by atomic mass is 32.2. The van der Waals surface area contributed by atoms with E-state index in [1.165, 1.54) is 29.5 Å². The summed E-state index contributed by atoms with van der Waals surface area (Å²) in [6.45, 7) is -0.233. The number of fused-ring (bicyclic) bond motifs is 5. The summed E-state index contributed by atoms with van der Waals surface area (Å²) in [6.07, 6.45) is -0.187. The molecule has 2 aromatic heterocycles. The molecule has 254 valence electrons. The molecular weight excluding hydrogens is 677 g/mol. The van der Waals surface area contributed by atoms with Crippen molar-refractivity contribution in [3.63, 3.8) is 0 Å². The van der Waals surface area contributed by atoms with Crippen LogP contribution in [0.3, 0.4) is 0 Å². The average molecular weight is 707 g/mol. The van der Waals surface area contributed by atoms with Crippen LogP contribution >= 0.6 is 11.3 Å². The highest BCUT2D eigenvalue weighted by molar-refractivity contribution is 7.85. The Hall–Kier alpha value is -3.60. The lowest BCUT2D eigenvalue weighted by Gasteiger charge is -2.33. The zero-order chi connectivity index (χ0) is 33.5. The summed E-state index contributed by atoms with van der Waals surface area (Å²) in [5, 5.41) is 7.12. The van der Waals surface area contributed by atoms with Gasteiger partial charge in [0.2, 0.25) is 0 Å². The van der Waals surface area contributed by atoms with E-state index >= 15 is 4.39 Å². The molecule has 2 N–H and O–H groups in total. The number of alkyl halides is 3. The van der Waals surface area contributed by atoms with Crippen molar-refractivity contribution in [3.05, 3.63) is 64.7 Å². The number of anilines is 1. The number of carbonyl (C=O) groups excluding carboxylic acids is 1. The molecule has 4 heterocycles. The molecule has 4 fully saturated rings. The molecular formula is C32H30F4N4O6S2. The lowest BCUT2D eigenvalue weighted by molar-refractivity contribution is -0.137. The van der Waals surface area contributed by atoms with Gasteiger partial charge in [0.15, 0.2) is 10.9 Å². The number of thiazole rings is 1. The summed E-state index contributed by atoms with van der Waals surface area (Å²) in [5.74, 6) is -0.816. The Morgan fingerprint density at radius 1 is 1.17 bits per heavy atom. The summed E-state index contributed by atoms with van der Waals surface area (Å²) in [6, 6.07) is 8.21. The Morgan fingerprint density at radius 3 is 2.71 bits per heavy atom. The first-order valence-corrected chi connectivity index (χ1v) is 18.2. The van der Waals surface area contributed by atoms with Crippen LogP contribution in [0.25, 0.3) is 21.5 Å². The van der Waals surface area contributed by atoms with E-state index in [2.05, 4.69) is 20.4 Å². The van der Waals surface area contributed by atoms with Gasteiger partial charge in [-0.05, 0) is 56.2 Å². The molecule has 10 nitrogen and oxygen atoms in total. The van der Waals surface area contributed by atoms with Gasteiger partial charge in [0.05, 0.1) is 28.7 Å². The van der Waals surface area contributed by atoms with E-state index in [9.17, 15) is 26.4 Å². The van der Waals surface area contributed by atoms with Gasteiger partial charge in [-0.15, -0.1) is 0 Å². The second-order valence-electron chi connectivity index (χ2n) is 13.0. The smallest absolute Gasteiger partial charge is 0.373 e. The average Bonchev–Trinajstić information content (AvgIpc) is 3.85. The van der Waals surface area contributed by atoms with Crippen molar-refractivity contribution >= 4 is 42.7 Å². The summed E-state index contributed by atoms with van der Waals surface area (Å²) < 4.78 is 100. The topological polar surface area (TPSA) is 135 Å². The van der Waals surface area contributed by atoms with Crippen molar-refractivity contribution in [2.24, 2.45) is 11.8 Å². The maximum Gasteiger partial charge on any atom is 0.417 e. The van der Waals surface area contributed by atoms with Gasteiger partial charge in [0, 0.05) is 47.2 Å². The van der Waals surface area contributed by atoms with E-state index in [-0.39, 0.29) is 71.4 Å². The van der Waals surface area contributed by atoms with E-state index in [1.54, 1.807) is 6.07 Å². The van der Waals surface area contributed by atoms with E-state index < -0.39 is 39.3 Å². The van der Waals surface area contributed by atoms with Crippen molar-refractivity contribution in [1.82, 2.24) is 15.5 Å². The number of amides is 1. The predicted octanol–water partition coefficient (Wildman–Crippen LogP) is 6.18. The number of hydrogen-bond acceptors (Lipinski definition) is 9. The number of nitrogens with one attached hydrogen (secondary N) is 1. The van der Waals surface area contributed by atoms with Gasteiger partial charge in [0.25, 0.3) is 16.0 Å². The summed E-state index contributed by atoms with van der Waals surface area (Å²) in [7, 11) is -4.26. The molecule has 4 aliphatic rings. The van der Waals surface area contributed by atoms with Gasteiger partial charge in [-0.2, -0.15) is 21.6 Å². The number of aromatic nitrogens is 2. The first kappa shape index (κ1) is 31.7. The molecule has 2 saturated carbocycles. The van der Waals surface area contributed by atoms with Crippen LogP contribution < -0.4 is 10.2 Å². The molecule has 2 aliphatic carbocycles. The molecule has 4 aromatic rings. The van der Waals surface area contributed by atoms with Crippen LogP contribution in [0.4, 0.5) is 22.7 Å². The monoisotopic (exact) mass is 706 g/mol. The van der Waals surface area contributed by atoms with Crippen molar-refractivity contribution in [1.29, 1.82) is 0 Å². The van der Waals surface area contributed by atoms with E-state index in [0.717, 1.165) is 44.2 Å². The van der Waals surface area contributed by atoms with E-state index in [1.807, 2.05) is 0 Å². The second kappa shape index (κ2) is 11.5. The fourth-order valence-electron chi connectivity index (χ4n) is 7.60. The molecule has 2 aliphatic heterocycles. The quantitative estimate of drug-likeness (QED) is 0.147. The standard InChI is InChI=1S/C32H30F4N4O6S2/c33-22-11-16(30(41)37-9-10-48(42,43)44)12-24-27(22)38-31(47-24)40-17-7-8-23(40)25-19(13-17)29(25)45-14-20-26(39-46-28(20)15-5-6-15)18-3-1-2-4-21(18)32(34,35)36/h1-4,11-12,15,17,19,23,25,29H,5-10,13-14H2,(H,37,41)(H,42,43,44)/t17?,19?,23?,25?,29-/m0/s1. The van der Waals surface area contributed by atoms with Crippen LogP contribution in [0.15, 0.2) is 40.9 Å². The Kier molecular flexibility index (Phi) is 7.58. The van der Waals surface area contributed by atoms with Gasteiger partial charge >= 0.3 is 6.18 Å². The van der Waals surface area contributed by atoms with Crippen molar-refractivity contribution < 1.29 is 44.6 Å². The van der Waals surface area contributed by atoms with Gasteiger partial charge < -0.3 is 19.5 Å². The minimum atomic E-state index is -4.55. The van der Waals surface area contributed by atoms with Gasteiger partial charge in [0.1, 0.15) is 17.0 Å². The number of hydrogen-bond donors (Lipinski definition) is 2. The Morgan fingerprint density at radius 2 is 1.96 bits per heavy atom. The van der Waals surface area contributed by atoms with Crippen LogP contribution in [0.2, 0.25) is 0 Å². The number of nitrogens with zero attached hydrogens (tertiary/aromatic N) is 3. The van der Waals surface area contributed by atoms with Crippen LogP contribution in [-0.2, 0) is 27.6 Å². The molecule has 1 amide bonds. The molecule has 48 heavy (non-hydrogen) atoms. The first-order valence-electron chi connectivity index (χ1n) is 15.8. The third-order valence-corrected chi connectivity index (χ3v) is 11.7. The summed E-state index contributed by atoms with van der Waals surface area (Å²) in [5.41, 5.74) is 0.0891. The molecule has 0 spiro atoms.